The third-order valence-electron chi connectivity index (χ3n) is 10.3. The van der Waals surface area contributed by atoms with Crippen molar-refractivity contribution >= 4 is 76.1 Å². The molecule has 0 atom stereocenters. The lowest BCUT2D eigenvalue weighted by molar-refractivity contribution is 1.01. The van der Waals surface area contributed by atoms with Gasteiger partial charge in [-0.1, -0.05) is 127 Å². The summed E-state index contributed by atoms with van der Waals surface area (Å²) in [7, 11) is 0. The van der Waals surface area contributed by atoms with Crippen molar-refractivity contribution < 1.29 is 0 Å². The molecule has 4 nitrogen and oxygen atoms in total. The first kappa shape index (κ1) is 27.2. The van der Waals surface area contributed by atoms with Gasteiger partial charge < -0.3 is 4.57 Å². The molecule has 0 saturated heterocycles. The van der Waals surface area contributed by atoms with Crippen LogP contribution in [0.2, 0.25) is 0 Å². The van der Waals surface area contributed by atoms with E-state index >= 15 is 0 Å². The summed E-state index contributed by atoms with van der Waals surface area (Å²) in [6.45, 7) is 0. The molecule has 0 aliphatic heterocycles. The molecule has 232 valence electrons. The Kier molecular flexibility index (Phi) is 5.63. The summed E-state index contributed by atoms with van der Waals surface area (Å²) >= 11 is 0. The van der Waals surface area contributed by atoms with Gasteiger partial charge in [0.15, 0.2) is 0 Å². The molecule has 0 aliphatic carbocycles. The van der Waals surface area contributed by atoms with Gasteiger partial charge in [0.05, 0.1) is 39.0 Å². The van der Waals surface area contributed by atoms with Gasteiger partial charge in [0.25, 0.3) is 0 Å². The highest BCUT2D eigenvalue weighted by molar-refractivity contribution is 6.19. The highest BCUT2D eigenvalue weighted by Gasteiger charge is 2.21. The average molecular weight is 637 g/mol. The summed E-state index contributed by atoms with van der Waals surface area (Å²) in [6.07, 6.45) is 0. The molecular weight excluding hydrogens is 609 g/mol. The van der Waals surface area contributed by atoms with Crippen molar-refractivity contribution in [1.29, 1.82) is 0 Å². The number of benzene rings is 8. The van der Waals surface area contributed by atoms with Crippen LogP contribution in [0.4, 0.5) is 0 Å². The van der Waals surface area contributed by atoms with Gasteiger partial charge in [-0.05, 0) is 58.6 Å². The number of hydrogen-bond acceptors (Lipinski definition) is 2. The van der Waals surface area contributed by atoms with Crippen molar-refractivity contribution in [3.05, 3.63) is 170 Å². The van der Waals surface area contributed by atoms with Gasteiger partial charge in [0.2, 0.25) is 5.95 Å². The van der Waals surface area contributed by atoms with Gasteiger partial charge in [-0.2, -0.15) is 0 Å². The van der Waals surface area contributed by atoms with Crippen LogP contribution < -0.4 is 0 Å². The Labute approximate surface area is 287 Å². The summed E-state index contributed by atoms with van der Waals surface area (Å²) in [5.74, 6) is 0.658. The first-order valence-corrected chi connectivity index (χ1v) is 17.0. The summed E-state index contributed by atoms with van der Waals surface area (Å²) in [6, 6.07) is 60.8. The maximum atomic E-state index is 5.41. The molecule has 8 aromatic carbocycles. The van der Waals surface area contributed by atoms with Crippen molar-refractivity contribution in [3.8, 4) is 22.9 Å². The van der Waals surface area contributed by atoms with Gasteiger partial charge in [-0.3, -0.25) is 4.57 Å². The lowest BCUT2D eigenvalue weighted by atomic mass is 10.0. The normalized spacial score (nSPS) is 12.0. The fraction of sp³-hybridized carbons (Fsp3) is 0. The van der Waals surface area contributed by atoms with Crippen LogP contribution in [-0.4, -0.2) is 19.1 Å². The minimum absolute atomic E-state index is 0.658. The Morgan fingerprint density at radius 3 is 1.74 bits per heavy atom. The van der Waals surface area contributed by atoms with Crippen LogP contribution in [0.3, 0.4) is 0 Å². The van der Waals surface area contributed by atoms with Crippen LogP contribution in [0, 0.1) is 0 Å². The molecule has 4 heteroatoms. The van der Waals surface area contributed by atoms with Crippen molar-refractivity contribution in [1.82, 2.24) is 19.1 Å². The SMILES string of the molecule is c1ccc2cc(-c3nc(-n4c5ccccc5c5cc6c7ccccc7n(-c7cccc8ccccc78)c6cc54)nc4ccccc34)ccc2c1. The van der Waals surface area contributed by atoms with E-state index in [9.17, 15) is 0 Å². The van der Waals surface area contributed by atoms with Crippen LogP contribution >= 0.6 is 0 Å². The number of nitrogens with zero attached hydrogens (tertiary/aromatic N) is 4. The van der Waals surface area contributed by atoms with E-state index in [1.165, 1.54) is 48.6 Å². The summed E-state index contributed by atoms with van der Waals surface area (Å²) in [5.41, 5.74) is 8.56. The number of hydrogen-bond donors (Lipinski definition) is 0. The smallest absolute Gasteiger partial charge is 0.235 e. The monoisotopic (exact) mass is 636 g/mol. The van der Waals surface area contributed by atoms with E-state index in [1.807, 2.05) is 0 Å². The average Bonchev–Trinajstić information content (AvgIpc) is 3.68. The zero-order valence-corrected chi connectivity index (χ0v) is 27.0. The van der Waals surface area contributed by atoms with Crippen LogP contribution in [0.1, 0.15) is 0 Å². The molecule has 0 fully saturated rings. The largest absolute Gasteiger partial charge is 0.309 e. The second kappa shape index (κ2) is 10.4. The van der Waals surface area contributed by atoms with Crippen LogP contribution in [0.15, 0.2) is 170 Å². The minimum Gasteiger partial charge on any atom is -0.309 e. The molecule has 0 radical (unpaired) electrons. The topological polar surface area (TPSA) is 35.6 Å². The lowest BCUT2D eigenvalue weighted by Gasteiger charge is -2.13. The number of fused-ring (bicyclic) bond motifs is 9. The van der Waals surface area contributed by atoms with E-state index < -0.39 is 0 Å². The van der Waals surface area contributed by atoms with Gasteiger partial charge in [0, 0.05) is 37.9 Å². The Hall–Kier alpha value is -6.78. The predicted octanol–water partition coefficient (Wildman–Crippen LogP) is 11.8. The minimum atomic E-state index is 0.658. The van der Waals surface area contributed by atoms with E-state index in [-0.39, 0.29) is 0 Å². The summed E-state index contributed by atoms with van der Waals surface area (Å²) in [5, 5.41) is 10.7. The number of para-hydroxylation sites is 3. The molecule has 0 bridgehead atoms. The van der Waals surface area contributed by atoms with E-state index in [4.69, 9.17) is 9.97 Å². The van der Waals surface area contributed by atoms with Gasteiger partial charge in [0.1, 0.15) is 0 Å². The van der Waals surface area contributed by atoms with E-state index in [1.54, 1.807) is 0 Å². The molecule has 50 heavy (non-hydrogen) atoms. The molecular formula is C46H28N4. The zero-order valence-electron chi connectivity index (χ0n) is 27.0. The standard InChI is InChI=1S/C46H28N4/c1-2-14-31-26-32(25-24-29(31)12-1)45-36-19-5-8-20-39(36)47-46(48-45)50-42-22-10-7-18-35(42)38-27-37-34-17-6-9-21-41(34)49(43(37)28-44(38)50)40-23-11-15-30-13-3-4-16-33(30)40/h1-28H. The van der Waals surface area contributed by atoms with E-state index in [0.717, 1.165) is 44.4 Å². The number of rotatable bonds is 3. The van der Waals surface area contributed by atoms with E-state index in [2.05, 4.69) is 179 Å². The van der Waals surface area contributed by atoms with Crippen molar-refractivity contribution in [2.45, 2.75) is 0 Å². The molecule has 11 aromatic rings. The second-order valence-electron chi connectivity index (χ2n) is 13.0. The van der Waals surface area contributed by atoms with E-state index in [0.29, 0.717) is 5.95 Å². The first-order chi connectivity index (χ1) is 24.8. The van der Waals surface area contributed by atoms with Crippen LogP contribution in [-0.2, 0) is 0 Å². The molecule has 0 aliphatic rings. The Balaban J connectivity index is 1.26. The first-order valence-electron chi connectivity index (χ1n) is 17.0. The Morgan fingerprint density at radius 2 is 0.940 bits per heavy atom. The highest BCUT2D eigenvalue weighted by Crippen LogP contribution is 2.41. The molecule has 11 rings (SSSR count). The quantitative estimate of drug-likeness (QED) is 0.193. The van der Waals surface area contributed by atoms with Gasteiger partial charge in [-0.25, -0.2) is 9.97 Å². The fourth-order valence-corrected chi connectivity index (χ4v) is 8.03. The highest BCUT2D eigenvalue weighted by atomic mass is 15.2. The lowest BCUT2D eigenvalue weighted by Crippen LogP contribution is -2.03. The Bertz CT molecular complexity index is 3160. The zero-order chi connectivity index (χ0) is 32.8. The predicted molar refractivity (Wildman–Crippen MR) is 209 cm³/mol. The molecule has 0 amide bonds. The Morgan fingerprint density at radius 1 is 0.340 bits per heavy atom. The van der Waals surface area contributed by atoms with Gasteiger partial charge in [-0.15, -0.1) is 0 Å². The van der Waals surface area contributed by atoms with Crippen molar-refractivity contribution in [2.75, 3.05) is 0 Å². The maximum absolute atomic E-state index is 5.41. The second-order valence-corrected chi connectivity index (χ2v) is 13.0. The molecule has 0 saturated carbocycles. The van der Waals surface area contributed by atoms with Gasteiger partial charge >= 0.3 is 0 Å². The third kappa shape index (κ3) is 3.87. The molecule has 3 aromatic heterocycles. The van der Waals surface area contributed by atoms with Crippen LogP contribution in [0.25, 0.3) is 99.0 Å². The molecule has 0 unspecified atom stereocenters. The number of aromatic nitrogens is 4. The van der Waals surface area contributed by atoms with Crippen LogP contribution in [0.5, 0.6) is 0 Å². The summed E-state index contributed by atoms with van der Waals surface area (Å²) < 4.78 is 4.68. The van der Waals surface area contributed by atoms with Crippen molar-refractivity contribution in [3.63, 3.8) is 0 Å². The van der Waals surface area contributed by atoms with Crippen molar-refractivity contribution in [2.24, 2.45) is 0 Å². The fourth-order valence-electron chi connectivity index (χ4n) is 8.03. The third-order valence-corrected chi connectivity index (χ3v) is 10.3. The summed E-state index contributed by atoms with van der Waals surface area (Å²) in [4.78, 5) is 10.7. The molecule has 0 spiro atoms. The maximum Gasteiger partial charge on any atom is 0.235 e. The molecule has 3 heterocycles. The molecule has 0 N–H and O–H groups in total.